The third kappa shape index (κ3) is 20.6. The van der Waals surface area contributed by atoms with Gasteiger partial charge in [0, 0.05) is 17.8 Å². The van der Waals surface area contributed by atoms with E-state index in [1.807, 2.05) is 173 Å². The van der Waals surface area contributed by atoms with Crippen LogP contribution in [0.2, 0.25) is 0 Å². The van der Waals surface area contributed by atoms with E-state index in [2.05, 4.69) is 10.1 Å². The zero-order valence-electron chi connectivity index (χ0n) is 30.8. The van der Waals surface area contributed by atoms with E-state index in [0.717, 1.165) is 17.8 Å². The van der Waals surface area contributed by atoms with Gasteiger partial charge in [-0.15, -0.1) is 0 Å². The van der Waals surface area contributed by atoms with E-state index in [1.54, 1.807) is 0 Å². The number of hydrogen-bond acceptors (Lipinski definition) is 5. The first-order chi connectivity index (χ1) is 26.8. The fourth-order valence-electron chi connectivity index (χ4n) is 4.83. The maximum absolute atomic E-state index is 14.2. The fraction of sp³-hybridized carbons (Fsp3) is 0.159. The molecule has 14 heteroatoms. The summed E-state index contributed by atoms with van der Waals surface area (Å²) in [7, 11) is 0. The van der Waals surface area contributed by atoms with E-state index in [0.29, 0.717) is 0 Å². The zero-order chi connectivity index (χ0) is 39.1. The van der Waals surface area contributed by atoms with Crippen LogP contribution in [0.15, 0.2) is 0 Å². The van der Waals surface area contributed by atoms with Gasteiger partial charge < -0.3 is 24.3 Å². The molecule has 1 amide bonds. The quantitative estimate of drug-likeness (QED) is 0.0906. The minimum absolute atomic E-state index is 0. The van der Waals surface area contributed by atoms with E-state index < -0.39 is 46.5 Å². The number of carbonyl (C=O) groups is 1. The predicted molar refractivity (Wildman–Crippen MR) is 196 cm³/mol. The number of carbonyl (C=O) groups excluding carboxylic acids is 1. The molecule has 0 atom stereocenters. The number of hydrogen-bond donors (Lipinski definition) is 1. The van der Waals surface area contributed by atoms with Crippen LogP contribution in [0, 0.1) is 220 Å². The monoisotopic (exact) mass is 925 g/mol. The first kappa shape index (κ1) is 55.6. The molecule has 1 aromatic carbocycles. The Balaban J connectivity index is 0.000000775. The van der Waals surface area contributed by atoms with Gasteiger partial charge in [-0.3, -0.25) is 0 Å². The van der Waals surface area contributed by atoms with Crippen LogP contribution in [-0.4, -0.2) is 51.3 Å². The van der Waals surface area contributed by atoms with E-state index in [4.69, 9.17) is 14.2 Å². The minimum Gasteiger partial charge on any atom is -0.404 e. The molecule has 1 aromatic rings. The van der Waals surface area contributed by atoms with Crippen molar-refractivity contribution in [2.75, 3.05) is 39.6 Å². The topological polar surface area (TPSA) is 66.0 Å². The predicted octanol–water partition coefficient (Wildman–Crippen LogP) is 7.53. The standard InChI is InChI=1S/C29H25F5NO5.3C5H5.3Fe/c30-22-23(31)25(33)27(26(34)24(22)32)40-28(36)35-29(16-37-13-19-7-1-2-8-19,17-38-14-20-9-3-4-10-20)18-39-15-21-11-5-6-12-21;3*1-2-4-5-3-1;;;/h1-12H,13-18H2,(H,35,36);3*1-5H;;;/q;;;;3*+2. The zero-order valence-corrected chi connectivity index (χ0v) is 34.1. The summed E-state index contributed by atoms with van der Waals surface area (Å²) in [6.45, 7) is -0.205. The average Bonchev–Trinajstić information content (AvgIpc) is 4.05. The van der Waals surface area contributed by atoms with Crippen molar-refractivity contribution in [1.29, 1.82) is 0 Å². The van der Waals surface area contributed by atoms with Crippen LogP contribution < -0.4 is 10.1 Å². The molecule has 7 rings (SSSR count). The second-order valence-electron chi connectivity index (χ2n) is 11.9. The number of halogens is 5. The molecule has 0 aromatic heterocycles. The van der Waals surface area contributed by atoms with Crippen LogP contribution in [0.1, 0.15) is 0 Å². The van der Waals surface area contributed by atoms with Gasteiger partial charge in [0.25, 0.3) is 0 Å². The van der Waals surface area contributed by atoms with Crippen LogP contribution in [-0.2, 0) is 65.4 Å². The van der Waals surface area contributed by atoms with Crippen molar-refractivity contribution in [3.05, 3.63) is 220 Å². The first-order valence-electron chi connectivity index (χ1n) is 17.1. The summed E-state index contributed by atoms with van der Waals surface area (Å²) in [5.74, 6) is -10.7. The molecule has 0 heterocycles. The Labute approximate surface area is 377 Å². The maximum Gasteiger partial charge on any atom is 2.00 e. The van der Waals surface area contributed by atoms with Crippen molar-refractivity contribution in [1.82, 2.24) is 5.32 Å². The normalized spacial score (nSPS) is 19.4. The number of amides is 1. The molecule has 0 spiro atoms. The maximum atomic E-state index is 14.2. The Kier molecular flexibility index (Phi) is 30.9. The summed E-state index contributed by atoms with van der Waals surface area (Å²) in [5.41, 5.74) is -1.49. The third-order valence-electron chi connectivity index (χ3n) is 7.53. The van der Waals surface area contributed by atoms with Gasteiger partial charge in [-0.2, -0.15) is 8.78 Å². The van der Waals surface area contributed by atoms with Crippen molar-refractivity contribution in [2.45, 2.75) is 5.54 Å². The molecular formula is C44H40F5Fe3NO5+6. The average molecular weight is 925 g/mol. The molecular weight excluding hydrogens is 885 g/mol. The summed E-state index contributed by atoms with van der Waals surface area (Å²) in [6, 6.07) is 0. The molecule has 0 saturated heterocycles. The van der Waals surface area contributed by atoms with Gasteiger partial charge in [0.05, 0.1) is 39.6 Å². The Morgan fingerprint density at radius 2 is 0.655 bits per heavy atom. The molecule has 30 radical (unpaired) electrons. The van der Waals surface area contributed by atoms with Gasteiger partial charge in [-0.1, -0.05) is 0 Å². The van der Waals surface area contributed by atoms with Crippen molar-refractivity contribution in [3.8, 4) is 5.75 Å². The number of rotatable bonds is 14. The van der Waals surface area contributed by atoms with E-state index in [1.165, 1.54) is 0 Å². The van der Waals surface area contributed by atoms with Crippen molar-refractivity contribution in [3.63, 3.8) is 0 Å². The summed E-state index contributed by atoms with van der Waals surface area (Å²) in [6.07, 6.45) is 50.3. The van der Waals surface area contributed by atoms with Crippen LogP contribution in [0.5, 0.6) is 5.75 Å². The van der Waals surface area contributed by atoms with Gasteiger partial charge in [0.15, 0.2) is 0 Å². The van der Waals surface area contributed by atoms with E-state index >= 15 is 0 Å². The largest absolute Gasteiger partial charge is 2.00 e. The molecule has 6 saturated carbocycles. The fourth-order valence-corrected chi connectivity index (χ4v) is 4.83. The first-order valence-corrected chi connectivity index (χ1v) is 17.1. The van der Waals surface area contributed by atoms with Crippen LogP contribution in [0.4, 0.5) is 26.7 Å². The second-order valence-corrected chi connectivity index (χ2v) is 11.9. The molecule has 58 heavy (non-hydrogen) atoms. The summed E-state index contributed by atoms with van der Waals surface area (Å²) in [5, 5.41) is 2.42. The molecule has 1 N–H and O–H groups in total. The van der Waals surface area contributed by atoms with E-state index in [-0.39, 0.29) is 90.8 Å². The van der Waals surface area contributed by atoms with Crippen LogP contribution >= 0.6 is 0 Å². The van der Waals surface area contributed by atoms with Gasteiger partial charge in [0.2, 0.25) is 34.8 Å². The summed E-state index contributed by atoms with van der Waals surface area (Å²) >= 11 is 0. The van der Waals surface area contributed by atoms with Crippen LogP contribution in [0.3, 0.4) is 0 Å². The number of ether oxygens (including phenoxy) is 4. The van der Waals surface area contributed by atoms with Gasteiger partial charge >= 0.3 is 57.3 Å². The van der Waals surface area contributed by atoms with Gasteiger partial charge in [-0.05, 0) is 173 Å². The number of nitrogens with one attached hydrogen (secondary N) is 1. The van der Waals surface area contributed by atoms with Crippen molar-refractivity contribution in [2.24, 2.45) is 0 Å². The Morgan fingerprint density at radius 3 is 0.914 bits per heavy atom. The molecule has 0 aliphatic heterocycles. The number of benzene rings is 1. The molecule has 6 nitrogen and oxygen atoms in total. The summed E-state index contributed by atoms with van der Waals surface area (Å²) < 4.78 is 91.2. The van der Waals surface area contributed by atoms with E-state index in [9.17, 15) is 26.7 Å². The van der Waals surface area contributed by atoms with Crippen molar-refractivity contribution >= 4 is 6.09 Å². The molecule has 0 bridgehead atoms. The Hall–Kier alpha value is -0.422. The van der Waals surface area contributed by atoms with Gasteiger partial charge in [-0.25, -0.2) is 18.0 Å². The minimum atomic E-state index is -2.38. The van der Waals surface area contributed by atoms with Gasteiger partial charge in [0.1, 0.15) is 5.54 Å². The SMILES string of the molecule is O=C(NC(COC[C]1[CH][CH][CH][CH]1)(COC[C]1[CH][CH][CH][CH]1)COC[C]1[CH][CH][CH][CH]1)Oc1c(F)c(F)c(F)c(F)c1F.[CH]1[CH][CH][CH][CH]1.[CH]1[CH][CH][CH][CH]1.[CH]1[CH][CH][CH][CH]1.[Fe+2].[Fe+2].[Fe+2]. The van der Waals surface area contributed by atoms with Crippen molar-refractivity contribution < 1.29 is 96.9 Å². The molecule has 0 unspecified atom stereocenters. The summed E-state index contributed by atoms with van der Waals surface area (Å²) in [4.78, 5) is 12.8. The molecule has 6 aliphatic carbocycles. The molecule has 6 aliphatic rings. The third-order valence-corrected chi connectivity index (χ3v) is 7.53. The molecule has 304 valence electrons. The Bertz CT molecular complexity index is 1090. The molecule has 6 fully saturated rings. The second kappa shape index (κ2) is 32.3. The van der Waals surface area contributed by atoms with Crippen LogP contribution in [0.25, 0.3) is 0 Å². The smallest absolute Gasteiger partial charge is 0.404 e. The Morgan fingerprint density at radius 1 is 0.414 bits per heavy atom.